The van der Waals surface area contributed by atoms with Gasteiger partial charge in [-0.05, 0) is 43.4 Å². The first-order chi connectivity index (χ1) is 13.5. The fourth-order valence-corrected chi connectivity index (χ4v) is 4.13. The fourth-order valence-electron chi connectivity index (χ4n) is 4.13. The number of halogens is 1. The summed E-state index contributed by atoms with van der Waals surface area (Å²) in [7, 11) is 0. The molecule has 7 heteroatoms. The molecule has 1 aliphatic carbocycles. The van der Waals surface area contributed by atoms with Gasteiger partial charge in [-0.1, -0.05) is 25.0 Å². The summed E-state index contributed by atoms with van der Waals surface area (Å²) in [6.07, 6.45) is 5.92. The smallest absolute Gasteiger partial charge is 0.276 e. The number of H-pyrrole nitrogens is 1. The standard InChI is InChI=1S/C21H23FN4O2/c1-13-17(21(28)26-18(24-13)10-11-23-26)12-19(27)25-20(14-4-2-3-5-14)15-6-8-16(22)9-7-15/h6-11,14,20,23H,2-5,12H2,1H3,(H,25,27). The van der Waals surface area contributed by atoms with Gasteiger partial charge in [-0.25, -0.2) is 13.9 Å². The Morgan fingerprint density at radius 1 is 1.29 bits per heavy atom. The van der Waals surface area contributed by atoms with Crippen LogP contribution in [0.15, 0.2) is 41.3 Å². The van der Waals surface area contributed by atoms with Crippen LogP contribution < -0.4 is 10.9 Å². The van der Waals surface area contributed by atoms with Gasteiger partial charge in [0.1, 0.15) is 5.82 Å². The van der Waals surface area contributed by atoms with Crippen molar-refractivity contribution in [1.82, 2.24) is 19.9 Å². The molecule has 1 unspecified atom stereocenters. The summed E-state index contributed by atoms with van der Waals surface area (Å²) in [6.45, 7) is 1.74. The number of amides is 1. The summed E-state index contributed by atoms with van der Waals surface area (Å²) in [5.41, 5.74) is 2.09. The Hall–Kier alpha value is -2.96. The van der Waals surface area contributed by atoms with E-state index in [4.69, 9.17) is 0 Å². The predicted octanol–water partition coefficient (Wildman–Crippen LogP) is 3.06. The molecule has 0 aliphatic heterocycles. The molecule has 2 heterocycles. The number of carbonyl (C=O) groups is 1. The summed E-state index contributed by atoms with van der Waals surface area (Å²) in [5, 5.41) is 5.91. The average molecular weight is 382 g/mol. The van der Waals surface area contributed by atoms with E-state index in [2.05, 4.69) is 15.4 Å². The van der Waals surface area contributed by atoms with Crippen LogP contribution in [0.25, 0.3) is 5.65 Å². The Morgan fingerprint density at radius 3 is 2.71 bits per heavy atom. The third-order valence-electron chi connectivity index (χ3n) is 5.60. The molecule has 1 fully saturated rings. The highest BCUT2D eigenvalue weighted by Crippen LogP contribution is 2.35. The Kier molecular flexibility index (Phi) is 4.98. The molecule has 0 saturated heterocycles. The van der Waals surface area contributed by atoms with E-state index >= 15 is 0 Å². The molecule has 1 aliphatic rings. The molecule has 6 nitrogen and oxygen atoms in total. The molecule has 4 rings (SSSR count). The lowest BCUT2D eigenvalue weighted by atomic mass is 9.91. The van der Waals surface area contributed by atoms with E-state index in [1.165, 1.54) is 16.6 Å². The number of aryl methyl sites for hydroxylation is 1. The largest absolute Gasteiger partial charge is 0.349 e. The van der Waals surface area contributed by atoms with Gasteiger partial charge in [-0.15, -0.1) is 0 Å². The van der Waals surface area contributed by atoms with Crippen LogP contribution in [-0.2, 0) is 11.2 Å². The number of benzene rings is 1. The Labute approximate surface area is 161 Å². The van der Waals surface area contributed by atoms with E-state index < -0.39 is 0 Å². The molecular weight excluding hydrogens is 359 g/mol. The van der Waals surface area contributed by atoms with Crippen LogP contribution >= 0.6 is 0 Å². The number of hydrogen-bond donors (Lipinski definition) is 2. The lowest BCUT2D eigenvalue weighted by Crippen LogP contribution is -2.35. The Morgan fingerprint density at radius 2 is 2.00 bits per heavy atom. The number of hydrogen-bond acceptors (Lipinski definition) is 3. The molecule has 1 atom stereocenters. The molecule has 1 amide bonds. The summed E-state index contributed by atoms with van der Waals surface area (Å²) >= 11 is 0. The van der Waals surface area contributed by atoms with Crippen molar-refractivity contribution in [1.29, 1.82) is 0 Å². The van der Waals surface area contributed by atoms with Gasteiger partial charge in [0.05, 0.1) is 12.5 Å². The number of nitrogens with one attached hydrogen (secondary N) is 2. The molecular formula is C21H23FN4O2. The molecule has 146 valence electrons. The van der Waals surface area contributed by atoms with Gasteiger partial charge in [-0.3, -0.25) is 14.7 Å². The van der Waals surface area contributed by atoms with Crippen molar-refractivity contribution in [3.8, 4) is 0 Å². The number of aromatic nitrogens is 3. The maximum atomic E-state index is 13.3. The van der Waals surface area contributed by atoms with E-state index in [-0.39, 0.29) is 29.7 Å². The summed E-state index contributed by atoms with van der Waals surface area (Å²) in [4.78, 5) is 29.9. The van der Waals surface area contributed by atoms with Crippen LogP contribution in [0.3, 0.4) is 0 Å². The van der Waals surface area contributed by atoms with E-state index in [9.17, 15) is 14.0 Å². The first kappa shape index (κ1) is 18.4. The van der Waals surface area contributed by atoms with Gasteiger partial charge in [0.25, 0.3) is 5.56 Å². The molecule has 3 aromatic rings. The monoisotopic (exact) mass is 382 g/mol. The summed E-state index contributed by atoms with van der Waals surface area (Å²) < 4.78 is 14.7. The molecule has 0 spiro atoms. The second-order valence-electron chi connectivity index (χ2n) is 7.46. The van der Waals surface area contributed by atoms with Crippen LogP contribution in [0.4, 0.5) is 4.39 Å². The number of nitrogens with zero attached hydrogens (tertiary/aromatic N) is 2. The van der Waals surface area contributed by atoms with Crippen molar-refractivity contribution in [2.75, 3.05) is 0 Å². The number of aromatic amines is 1. The lowest BCUT2D eigenvalue weighted by molar-refractivity contribution is -0.121. The van der Waals surface area contributed by atoms with Crippen molar-refractivity contribution in [3.05, 3.63) is 69.5 Å². The zero-order chi connectivity index (χ0) is 19.7. The van der Waals surface area contributed by atoms with Crippen molar-refractivity contribution < 1.29 is 9.18 Å². The van der Waals surface area contributed by atoms with Crippen molar-refractivity contribution >= 4 is 11.6 Å². The van der Waals surface area contributed by atoms with Crippen LogP contribution in [0.1, 0.15) is 48.5 Å². The van der Waals surface area contributed by atoms with Crippen LogP contribution in [0.5, 0.6) is 0 Å². The maximum Gasteiger partial charge on any atom is 0.276 e. The topological polar surface area (TPSA) is 79.3 Å². The summed E-state index contributed by atoms with van der Waals surface area (Å²) in [5.74, 6) is -0.204. The van der Waals surface area contributed by atoms with Crippen LogP contribution in [0.2, 0.25) is 0 Å². The zero-order valence-corrected chi connectivity index (χ0v) is 15.7. The highest BCUT2D eigenvalue weighted by Gasteiger charge is 2.28. The van der Waals surface area contributed by atoms with Gasteiger partial charge < -0.3 is 5.32 Å². The molecule has 1 aromatic carbocycles. The van der Waals surface area contributed by atoms with E-state index in [1.807, 2.05) is 0 Å². The number of rotatable bonds is 5. The number of fused-ring (bicyclic) bond motifs is 1. The lowest BCUT2D eigenvalue weighted by Gasteiger charge is -2.25. The van der Waals surface area contributed by atoms with Crippen molar-refractivity contribution in [2.24, 2.45) is 5.92 Å². The molecule has 0 bridgehead atoms. The molecule has 2 N–H and O–H groups in total. The van der Waals surface area contributed by atoms with Crippen molar-refractivity contribution in [2.45, 2.75) is 45.1 Å². The molecule has 1 saturated carbocycles. The quantitative estimate of drug-likeness (QED) is 0.712. The first-order valence-electron chi connectivity index (χ1n) is 9.63. The second kappa shape index (κ2) is 7.58. The number of carbonyl (C=O) groups excluding carboxylic acids is 1. The van der Waals surface area contributed by atoms with Crippen molar-refractivity contribution in [3.63, 3.8) is 0 Å². The van der Waals surface area contributed by atoms with Crippen LogP contribution in [-0.4, -0.2) is 20.5 Å². The predicted molar refractivity (Wildman–Crippen MR) is 103 cm³/mol. The maximum absolute atomic E-state index is 13.3. The highest BCUT2D eigenvalue weighted by molar-refractivity contribution is 5.79. The van der Waals surface area contributed by atoms with E-state index in [0.29, 0.717) is 22.8 Å². The summed E-state index contributed by atoms with van der Waals surface area (Å²) in [6, 6.07) is 7.83. The third-order valence-corrected chi connectivity index (χ3v) is 5.60. The van der Waals surface area contributed by atoms with Gasteiger partial charge in [0, 0.05) is 23.5 Å². The minimum Gasteiger partial charge on any atom is -0.349 e. The minimum atomic E-state index is -0.297. The normalized spacial score (nSPS) is 15.8. The first-order valence-corrected chi connectivity index (χ1v) is 9.63. The van der Waals surface area contributed by atoms with Gasteiger partial charge >= 0.3 is 0 Å². The second-order valence-corrected chi connectivity index (χ2v) is 7.46. The highest BCUT2D eigenvalue weighted by atomic mass is 19.1. The van der Waals surface area contributed by atoms with Gasteiger partial charge in [-0.2, -0.15) is 0 Å². The Bertz CT molecular complexity index is 1050. The van der Waals surface area contributed by atoms with E-state index in [0.717, 1.165) is 31.2 Å². The molecule has 28 heavy (non-hydrogen) atoms. The molecule has 0 radical (unpaired) electrons. The van der Waals surface area contributed by atoms with E-state index in [1.54, 1.807) is 31.3 Å². The molecule has 2 aromatic heterocycles. The Balaban J connectivity index is 1.58. The van der Waals surface area contributed by atoms with Gasteiger partial charge in [0.15, 0.2) is 5.65 Å². The zero-order valence-electron chi connectivity index (χ0n) is 15.7. The minimum absolute atomic E-state index is 0.0377. The fraction of sp³-hybridized carbons (Fsp3) is 0.381. The third kappa shape index (κ3) is 3.56. The SMILES string of the molecule is Cc1nc2cc[nH]n2c(=O)c1CC(=O)NC(c1ccc(F)cc1)C1CCCC1. The van der Waals surface area contributed by atoms with Gasteiger partial charge in [0.2, 0.25) is 5.91 Å². The van der Waals surface area contributed by atoms with Crippen LogP contribution in [0, 0.1) is 18.7 Å². The average Bonchev–Trinajstić information content (AvgIpc) is 3.36.